The Bertz CT molecular complexity index is 675. The lowest BCUT2D eigenvalue weighted by molar-refractivity contribution is 0.0948. The van der Waals surface area contributed by atoms with Gasteiger partial charge in [-0.05, 0) is 25.8 Å². The lowest BCUT2D eigenvalue weighted by Gasteiger charge is -2.23. The summed E-state index contributed by atoms with van der Waals surface area (Å²) >= 11 is 0. The summed E-state index contributed by atoms with van der Waals surface area (Å²) in [6.45, 7) is 4.47. The number of nitrogens with one attached hydrogen (secondary N) is 1. The first-order valence-electron chi connectivity index (χ1n) is 7.89. The number of unbranched alkanes of at least 4 members (excludes halogenated alkanes) is 1. The number of carbonyl (C=O) groups is 1. The number of aromatic nitrogens is 2. The van der Waals surface area contributed by atoms with Gasteiger partial charge >= 0.3 is 0 Å². The standard InChI is InChI=1S/C15H24N4O3S/c1-4-5-7-16-14(20)13-9-11(2)17-15(18-13)19(3)12-6-8-23(21,22)10-12/h9,12H,4-8,10H2,1-3H3,(H,16,20). The van der Waals surface area contributed by atoms with E-state index in [1.54, 1.807) is 24.9 Å². The molecule has 2 heterocycles. The average Bonchev–Trinajstić information content (AvgIpc) is 2.86. The molecule has 0 bridgehead atoms. The monoisotopic (exact) mass is 340 g/mol. The van der Waals surface area contributed by atoms with Crippen LogP contribution in [0.5, 0.6) is 0 Å². The van der Waals surface area contributed by atoms with Gasteiger partial charge in [-0.2, -0.15) is 0 Å². The van der Waals surface area contributed by atoms with Crippen molar-refractivity contribution >= 4 is 21.7 Å². The molecule has 1 amide bonds. The van der Waals surface area contributed by atoms with Crippen molar-refractivity contribution in [3.8, 4) is 0 Å². The maximum absolute atomic E-state index is 12.2. The second-order valence-electron chi connectivity index (χ2n) is 5.97. The molecule has 0 saturated carbocycles. The molecule has 0 aliphatic carbocycles. The number of sulfone groups is 1. The molecule has 128 valence electrons. The van der Waals surface area contributed by atoms with Crippen LogP contribution in [0.1, 0.15) is 42.4 Å². The van der Waals surface area contributed by atoms with E-state index in [0.29, 0.717) is 30.3 Å². The topological polar surface area (TPSA) is 92.3 Å². The van der Waals surface area contributed by atoms with Crippen molar-refractivity contribution < 1.29 is 13.2 Å². The molecule has 1 saturated heterocycles. The Morgan fingerprint density at radius 3 is 2.78 bits per heavy atom. The van der Waals surface area contributed by atoms with Gasteiger partial charge in [-0.25, -0.2) is 18.4 Å². The van der Waals surface area contributed by atoms with Crippen LogP contribution in [0.4, 0.5) is 5.95 Å². The van der Waals surface area contributed by atoms with Gasteiger partial charge in [0.2, 0.25) is 5.95 Å². The number of carbonyl (C=O) groups excluding carboxylic acids is 1. The summed E-state index contributed by atoms with van der Waals surface area (Å²) in [5.74, 6) is 0.474. The van der Waals surface area contributed by atoms with Gasteiger partial charge < -0.3 is 10.2 Å². The second kappa shape index (κ2) is 7.25. The molecule has 0 spiro atoms. The number of aryl methyl sites for hydroxylation is 1. The largest absolute Gasteiger partial charge is 0.351 e. The fourth-order valence-electron chi connectivity index (χ4n) is 2.54. The highest BCUT2D eigenvalue weighted by Gasteiger charge is 2.32. The molecule has 1 aromatic heterocycles. The minimum atomic E-state index is -2.98. The Morgan fingerprint density at radius 2 is 2.17 bits per heavy atom. The first kappa shape index (κ1) is 17.7. The molecule has 7 nitrogen and oxygen atoms in total. The van der Waals surface area contributed by atoms with E-state index < -0.39 is 9.84 Å². The smallest absolute Gasteiger partial charge is 0.270 e. The molecule has 1 aromatic rings. The zero-order valence-corrected chi connectivity index (χ0v) is 14.7. The molecule has 1 unspecified atom stereocenters. The molecular weight excluding hydrogens is 316 g/mol. The van der Waals surface area contributed by atoms with E-state index in [1.165, 1.54) is 0 Å². The van der Waals surface area contributed by atoms with Crippen LogP contribution < -0.4 is 10.2 Å². The zero-order chi connectivity index (χ0) is 17.0. The van der Waals surface area contributed by atoms with Crippen LogP contribution in [-0.2, 0) is 9.84 Å². The van der Waals surface area contributed by atoms with Crippen LogP contribution >= 0.6 is 0 Å². The quantitative estimate of drug-likeness (QED) is 0.775. The van der Waals surface area contributed by atoms with Crippen molar-refractivity contribution in [2.24, 2.45) is 0 Å². The number of nitrogens with zero attached hydrogens (tertiary/aromatic N) is 3. The van der Waals surface area contributed by atoms with Crippen LogP contribution in [-0.4, -0.2) is 55.4 Å². The maximum atomic E-state index is 12.2. The van der Waals surface area contributed by atoms with Crippen LogP contribution in [0.25, 0.3) is 0 Å². The van der Waals surface area contributed by atoms with E-state index in [-0.39, 0.29) is 23.5 Å². The van der Waals surface area contributed by atoms with E-state index in [2.05, 4.69) is 22.2 Å². The third-order valence-electron chi connectivity index (χ3n) is 3.96. The second-order valence-corrected chi connectivity index (χ2v) is 8.20. The van der Waals surface area contributed by atoms with E-state index in [4.69, 9.17) is 0 Å². The van der Waals surface area contributed by atoms with Crippen molar-refractivity contribution in [2.75, 3.05) is 30.0 Å². The molecule has 1 aliphatic heterocycles. The van der Waals surface area contributed by atoms with Gasteiger partial charge in [0.1, 0.15) is 5.69 Å². The molecule has 1 fully saturated rings. The van der Waals surface area contributed by atoms with Crippen LogP contribution in [0.2, 0.25) is 0 Å². The lowest BCUT2D eigenvalue weighted by Crippen LogP contribution is -2.35. The van der Waals surface area contributed by atoms with Gasteiger partial charge in [0.05, 0.1) is 11.5 Å². The predicted molar refractivity (Wildman–Crippen MR) is 89.5 cm³/mol. The van der Waals surface area contributed by atoms with Gasteiger partial charge in [-0.15, -0.1) is 0 Å². The van der Waals surface area contributed by atoms with E-state index >= 15 is 0 Å². The highest BCUT2D eigenvalue weighted by molar-refractivity contribution is 7.91. The third kappa shape index (κ3) is 4.63. The SMILES string of the molecule is CCCCNC(=O)c1cc(C)nc(N(C)C2CCS(=O)(=O)C2)n1. The summed E-state index contributed by atoms with van der Waals surface area (Å²) in [6.07, 6.45) is 2.49. The van der Waals surface area contributed by atoms with Gasteiger partial charge in [0, 0.05) is 25.3 Å². The molecular formula is C15H24N4O3S. The highest BCUT2D eigenvalue weighted by Crippen LogP contribution is 2.20. The average molecular weight is 340 g/mol. The van der Waals surface area contributed by atoms with Crippen LogP contribution in [0.3, 0.4) is 0 Å². The molecule has 1 N–H and O–H groups in total. The van der Waals surface area contributed by atoms with E-state index in [0.717, 1.165) is 12.8 Å². The van der Waals surface area contributed by atoms with Crippen molar-refractivity contribution in [3.05, 3.63) is 17.5 Å². The zero-order valence-electron chi connectivity index (χ0n) is 13.9. The summed E-state index contributed by atoms with van der Waals surface area (Å²) in [5.41, 5.74) is 1.000. The number of anilines is 1. The minimum Gasteiger partial charge on any atom is -0.351 e. The van der Waals surface area contributed by atoms with Crippen LogP contribution in [0.15, 0.2) is 6.07 Å². The summed E-state index contributed by atoms with van der Waals surface area (Å²) in [7, 11) is -1.20. The van der Waals surface area contributed by atoms with Gasteiger partial charge in [0.25, 0.3) is 5.91 Å². The minimum absolute atomic E-state index is 0.110. The highest BCUT2D eigenvalue weighted by atomic mass is 32.2. The summed E-state index contributed by atoms with van der Waals surface area (Å²) in [6, 6.07) is 1.50. The van der Waals surface area contributed by atoms with Gasteiger partial charge in [-0.1, -0.05) is 13.3 Å². The first-order chi connectivity index (χ1) is 10.8. The third-order valence-corrected chi connectivity index (χ3v) is 5.71. The van der Waals surface area contributed by atoms with Crippen molar-refractivity contribution in [1.29, 1.82) is 0 Å². The molecule has 1 aliphatic rings. The Kier molecular flexibility index (Phi) is 5.56. The van der Waals surface area contributed by atoms with Crippen molar-refractivity contribution in [2.45, 2.75) is 39.2 Å². The van der Waals surface area contributed by atoms with E-state index in [9.17, 15) is 13.2 Å². The Hall–Kier alpha value is -1.70. The first-order valence-corrected chi connectivity index (χ1v) is 9.71. The fraction of sp³-hybridized carbons (Fsp3) is 0.667. The summed E-state index contributed by atoms with van der Waals surface area (Å²) < 4.78 is 23.3. The number of hydrogen-bond donors (Lipinski definition) is 1. The van der Waals surface area contributed by atoms with Crippen molar-refractivity contribution in [1.82, 2.24) is 15.3 Å². The Balaban J connectivity index is 2.15. The molecule has 0 aromatic carbocycles. The Morgan fingerprint density at radius 1 is 1.43 bits per heavy atom. The molecule has 0 radical (unpaired) electrons. The van der Waals surface area contributed by atoms with Crippen molar-refractivity contribution in [3.63, 3.8) is 0 Å². The number of amides is 1. The van der Waals surface area contributed by atoms with E-state index in [1.807, 2.05) is 0 Å². The predicted octanol–water partition coefficient (Wildman–Crippen LogP) is 0.938. The fourth-order valence-corrected chi connectivity index (χ4v) is 4.31. The lowest BCUT2D eigenvalue weighted by atomic mass is 10.2. The summed E-state index contributed by atoms with van der Waals surface area (Å²) in [5, 5.41) is 2.83. The molecule has 2 rings (SSSR count). The molecule has 8 heteroatoms. The van der Waals surface area contributed by atoms with Crippen LogP contribution in [0, 0.1) is 6.92 Å². The van der Waals surface area contributed by atoms with Gasteiger partial charge in [-0.3, -0.25) is 4.79 Å². The van der Waals surface area contributed by atoms with Gasteiger partial charge in [0.15, 0.2) is 9.84 Å². The normalized spacial score (nSPS) is 19.5. The number of hydrogen-bond acceptors (Lipinski definition) is 6. The molecule has 23 heavy (non-hydrogen) atoms. The Labute approximate surface area is 137 Å². The number of rotatable bonds is 6. The molecule has 1 atom stereocenters. The summed E-state index contributed by atoms with van der Waals surface area (Å²) in [4.78, 5) is 22.6. The maximum Gasteiger partial charge on any atom is 0.270 e.